The van der Waals surface area contributed by atoms with Crippen molar-refractivity contribution in [2.24, 2.45) is 16.5 Å². The summed E-state index contributed by atoms with van der Waals surface area (Å²) in [4.78, 5) is 0.0946. The maximum absolute atomic E-state index is 12.4. The Bertz CT molecular complexity index is 844. The highest BCUT2D eigenvalue weighted by Gasteiger charge is 2.43. The lowest BCUT2D eigenvalue weighted by atomic mass is 9.88. The van der Waals surface area contributed by atoms with Crippen molar-refractivity contribution in [3.05, 3.63) is 72.6 Å². The van der Waals surface area contributed by atoms with Crippen LogP contribution in [-0.2, 0) is 10.0 Å². The van der Waals surface area contributed by atoms with Gasteiger partial charge in [-0.3, -0.25) is 0 Å². The highest BCUT2D eigenvalue weighted by molar-refractivity contribution is 7.89. The van der Waals surface area contributed by atoms with Crippen LogP contribution in [0.15, 0.2) is 71.9 Å². The lowest BCUT2D eigenvalue weighted by Gasteiger charge is -2.16. The van der Waals surface area contributed by atoms with Gasteiger partial charge in [0, 0.05) is 11.3 Å². The highest BCUT2D eigenvalue weighted by Crippen LogP contribution is 2.57. The van der Waals surface area contributed by atoms with E-state index in [1.54, 1.807) is 12.1 Å². The lowest BCUT2D eigenvalue weighted by molar-refractivity contribution is 0.598. The third-order valence-corrected chi connectivity index (χ3v) is 5.60. The average molecular weight is 345 g/mol. The molecule has 1 saturated carbocycles. The van der Waals surface area contributed by atoms with Gasteiger partial charge >= 0.3 is 0 Å². The van der Waals surface area contributed by atoms with Crippen LogP contribution in [0.3, 0.4) is 0 Å². The minimum atomic E-state index is -3.70. The molecule has 126 valence electrons. The molecule has 1 atom stereocenters. The Morgan fingerprint density at radius 2 is 1.92 bits per heavy atom. The number of primary sulfonamides is 1. The fraction of sp³-hybridized carbons (Fsp3) is 0.263. The molecule has 3 rings (SSSR count). The predicted octanol–water partition coefficient (Wildman–Crippen LogP) is 4.11. The van der Waals surface area contributed by atoms with E-state index < -0.39 is 10.0 Å². The molecule has 0 bridgehead atoms. The van der Waals surface area contributed by atoms with Crippen molar-refractivity contribution < 1.29 is 12.8 Å². The summed E-state index contributed by atoms with van der Waals surface area (Å²) in [5.41, 5.74) is 3.26. The Hall–Kier alpha value is -1.98. The zero-order chi connectivity index (χ0) is 17.4. The quantitative estimate of drug-likeness (QED) is 0.789. The predicted molar refractivity (Wildman–Crippen MR) is 94.1 cm³/mol. The summed E-state index contributed by atoms with van der Waals surface area (Å²) in [6.07, 6.45) is 11.2. The molecule has 1 spiro atoms. The SMILES string of the molecule is C=CC(C/C=C/F)C1=CC2(C=C1c1ccc(S(N)(=O)=O)cc1)CC2. The van der Waals surface area contributed by atoms with Gasteiger partial charge < -0.3 is 0 Å². The molecule has 0 radical (unpaired) electrons. The van der Waals surface area contributed by atoms with Crippen molar-refractivity contribution in [2.45, 2.75) is 24.2 Å². The third-order valence-electron chi connectivity index (χ3n) is 4.67. The van der Waals surface area contributed by atoms with Gasteiger partial charge in [-0.1, -0.05) is 36.4 Å². The van der Waals surface area contributed by atoms with E-state index in [0.717, 1.165) is 29.6 Å². The van der Waals surface area contributed by atoms with Crippen LogP contribution in [0.4, 0.5) is 4.39 Å². The van der Waals surface area contributed by atoms with E-state index in [0.29, 0.717) is 12.8 Å². The molecule has 1 aromatic carbocycles. The molecular weight excluding hydrogens is 325 g/mol. The molecule has 0 aliphatic heterocycles. The van der Waals surface area contributed by atoms with Crippen molar-refractivity contribution in [3.63, 3.8) is 0 Å². The highest BCUT2D eigenvalue weighted by atomic mass is 32.2. The minimum Gasteiger partial charge on any atom is -0.225 e. The van der Waals surface area contributed by atoms with Gasteiger partial charge in [0.25, 0.3) is 0 Å². The Labute approximate surface area is 142 Å². The number of hydrogen-bond donors (Lipinski definition) is 1. The molecule has 0 amide bonds. The summed E-state index contributed by atoms with van der Waals surface area (Å²) >= 11 is 0. The van der Waals surface area contributed by atoms with Crippen LogP contribution in [0, 0.1) is 11.3 Å². The average Bonchev–Trinajstić information content (AvgIpc) is 3.20. The standard InChI is InChI=1S/C19H20FNO2S/c1-2-14(4-3-11-20)17-12-19(9-10-19)13-18(17)15-5-7-16(8-6-15)24(21,22)23/h2-3,5-8,11-14H,1,4,9-10H2,(H2,21,22,23)/b11-3+. The van der Waals surface area contributed by atoms with Crippen molar-refractivity contribution in [1.82, 2.24) is 0 Å². The third kappa shape index (κ3) is 3.28. The summed E-state index contributed by atoms with van der Waals surface area (Å²) < 4.78 is 35.2. The summed E-state index contributed by atoms with van der Waals surface area (Å²) in [5, 5.41) is 5.16. The van der Waals surface area contributed by atoms with Gasteiger partial charge in [-0.15, -0.1) is 6.58 Å². The first-order valence-corrected chi connectivity index (χ1v) is 9.40. The van der Waals surface area contributed by atoms with Crippen LogP contribution in [0.2, 0.25) is 0 Å². The molecule has 1 aromatic rings. The van der Waals surface area contributed by atoms with E-state index >= 15 is 0 Å². The summed E-state index contributed by atoms with van der Waals surface area (Å²) in [5.74, 6) is 0.0288. The zero-order valence-corrected chi connectivity index (χ0v) is 14.1. The van der Waals surface area contributed by atoms with Gasteiger partial charge in [0.05, 0.1) is 11.2 Å². The molecule has 0 saturated heterocycles. The number of rotatable bonds is 6. The normalized spacial score (nSPS) is 20.1. The smallest absolute Gasteiger partial charge is 0.225 e. The van der Waals surface area contributed by atoms with Crippen LogP contribution < -0.4 is 5.14 Å². The van der Waals surface area contributed by atoms with E-state index in [9.17, 15) is 12.8 Å². The fourth-order valence-electron chi connectivity index (χ4n) is 3.16. The molecular formula is C19H20FNO2S. The maximum Gasteiger partial charge on any atom is 0.238 e. The molecule has 1 unspecified atom stereocenters. The van der Waals surface area contributed by atoms with E-state index in [1.807, 2.05) is 6.08 Å². The van der Waals surface area contributed by atoms with Crippen molar-refractivity contribution in [1.29, 1.82) is 0 Å². The van der Waals surface area contributed by atoms with Gasteiger partial charge in [-0.25, -0.2) is 17.9 Å². The second-order valence-corrected chi connectivity index (χ2v) is 7.96. The largest absolute Gasteiger partial charge is 0.238 e. The molecule has 0 aromatic heterocycles. The van der Waals surface area contributed by atoms with Crippen LogP contribution in [0.1, 0.15) is 24.8 Å². The van der Waals surface area contributed by atoms with Gasteiger partial charge in [0.2, 0.25) is 10.0 Å². The Kier molecular flexibility index (Phi) is 4.32. The molecule has 2 aliphatic rings. The fourth-order valence-corrected chi connectivity index (χ4v) is 3.68. The minimum absolute atomic E-state index is 0.0288. The van der Waals surface area contributed by atoms with E-state index in [4.69, 9.17) is 5.14 Å². The number of nitrogens with two attached hydrogens (primary N) is 1. The Morgan fingerprint density at radius 1 is 1.25 bits per heavy atom. The first-order valence-electron chi connectivity index (χ1n) is 7.85. The number of halogens is 1. The van der Waals surface area contributed by atoms with Gasteiger partial charge in [-0.2, -0.15) is 0 Å². The van der Waals surface area contributed by atoms with Gasteiger partial charge in [-0.05, 0) is 48.1 Å². The van der Waals surface area contributed by atoms with Crippen LogP contribution in [-0.4, -0.2) is 8.42 Å². The van der Waals surface area contributed by atoms with Crippen molar-refractivity contribution in [2.75, 3.05) is 0 Å². The van der Waals surface area contributed by atoms with Crippen LogP contribution in [0.25, 0.3) is 5.57 Å². The van der Waals surface area contributed by atoms with Gasteiger partial charge in [0.15, 0.2) is 0 Å². The van der Waals surface area contributed by atoms with Crippen LogP contribution in [0.5, 0.6) is 0 Å². The molecule has 0 heterocycles. The topological polar surface area (TPSA) is 60.2 Å². The van der Waals surface area contributed by atoms with E-state index in [2.05, 4.69) is 18.7 Å². The van der Waals surface area contributed by atoms with Gasteiger partial charge in [0.1, 0.15) is 0 Å². The Morgan fingerprint density at radius 3 is 2.42 bits per heavy atom. The molecule has 2 aliphatic carbocycles. The van der Waals surface area contributed by atoms with Crippen molar-refractivity contribution >= 4 is 15.6 Å². The number of hydrogen-bond acceptors (Lipinski definition) is 2. The second-order valence-electron chi connectivity index (χ2n) is 6.40. The molecule has 24 heavy (non-hydrogen) atoms. The summed E-state index contributed by atoms with van der Waals surface area (Å²) in [6, 6.07) is 6.58. The first-order chi connectivity index (χ1) is 11.4. The molecule has 2 N–H and O–H groups in total. The Balaban J connectivity index is 1.96. The van der Waals surface area contributed by atoms with Crippen LogP contribution >= 0.6 is 0 Å². The maximum atomic E-state index is 12.4. The van der Waals surface area contributed by atoms with E-state index in [-0.39, 0.29) is 16.2 Å². The monoisotopic (exact) mass is 345 g/mol. The molecule has 3 nitrogen and oxygen atoms in total. The number of sulfonamides is 1. The molecule has 1 fully saturated rings. The van der Waals surface area contributed by atoms with Crippen molar-refractivity contribution in [3.8, 4) is 0 Å². The number of benzene rings is 1. The lowest BCUT2D eigenvalue weighted by Crippen LogP contribution is -2.12. The molecule has 5 heteroatoms. The zero-order valence-electron chi connectivity index (χ0n) is 13.3. The van der Waals surface area contributed by atoms with E-state index in [1.165, 1.54) is 18.2 Å². The first kappa shape index (κ1) is 16.9. The second kappa shape index (κ2) is 6.15. The summed E-state index contributed by atoms with van der Waals surface area (Å²) in [7, 11) is -3.70. The number of allylic oxidation sites excluding steroid dienone is 6. The summed E-state index contributed by atoms with van der Waals surface area (Å²) in [6.45, 7) is 3.88.